The molecule has 136 valence electrons. The van der Waals surface area contributed by atoms with Crippen molar-refractivity contribution in [2.75, 3.05) is 11.9 Å². The van der Waals surface area contributed by atoms with Gasteiger partial charge in [0, 0.05) is 30.5 Å². The molecular weight excluding hydrogens is 332 g/mol. The van der Waals surface area contributed by atoms with Gasteiger partial charge in [-0.25, -0.2) is 0 Å². The summed E-state index contributed by atoms with van der Waals surface area (Å²) in [5, 5.41) is 9.13. The normalized spacial score (nSPS) is 10.2. The summed E-state index contributed by atoms with van der Waals surface area (Å²) in [6.07, 6.45) is 8.45. The third kappa shape index (κ3) is 6.40. The Morgan fingerprint density at radius 2 is 2.12 bits per heavy atom. The Labute approximate surface area is 152 Å². The molecule has 2 N–H and O–H groups in total. The highest BCUT2D eigenvalue weighted by atomic mass is 16.5. The Morgan fingerprint density at radius 3 is 2.88 bits per heavy atom. The highest BCUT2D eigenvalue weighted by molar-refractivity contribution is 5.94. The average molecular weight is 354 g/mol. The Kier molecular flexibility index (Phi) is 7.37. The molecule has 0 aliphatic rings. The molecule has 2 amide bonds. The van der Waals surface area contributed by atoms with Gasteiger partial charge in [-0.05, 0) is 31.0 Å². The van der Waals surface area contributed by atoms with E-state index in [4.69, 9.17) is 10.9 Å². The number of anilines is 1. The summed E-state index contributed by atoms with van der Waals surface area (Å²) in [6, 6.07) is 6.95. The summed E-state index contributed by atoms with van der Waals surface area (Å²) < 4.78 is 5.11. The Bertz CT molecular complexity index is 792. The molecule has 7 nitrogen and oxygen atoms in total. The summed E-state index contributed by atoms with van der Waals surface area (Å²) in [7, 11) is 0. The molecule has 0 aliphatic carbocycles. The van der Waals surface area contributed by atoms with Crippen LogP contribution in [0.5, 0.6) is 0 Å². The summed E-state index contributed by atoms with van der Waals surface area (Å²) in [4.78, 5) is 27.9. The van der Waals surface area contributed by atoms with Crippen LogP contribution in [0.2, 0.25) is 0 Å². The Morgan fingerprint density at radius 1 is 1.27 bits per heavy atom. The first kappa shape index (κ1) is 19.2. The molecule has 26 heavy (non-hydrogen) atoms. The maximum Gasteiger partial charge on any atom is 0.243 e. The van der Waals surface area contributed by atoms with Gasteiger partial charge in [0.05, 0.1) is 6.54 Å². The van der Waals surface area contributed by atoms with Crippen LogP contribution in [0, 0.1) is 12.3 Å². The van der Waals surface area contributed by atoms with Gasteiger partial charge in [0.1, 0.15) is 0 Å². The number of hydrogen-bond donors (Lipinski definition) is 2. The third-order valence-corrected chi connectivity index (χ3v) is 3.54. The summed E-state index contributed by atoms with van der Waals surface area (Å²) >= 11 is 0. The van der Waals surface area contributed by atoms with Gasteiger partial charge in [-0.1, -0.05) is 24.1 Å². The van der Waals surface area contributed by atoms with Gasteiger partial charge in [-0.15, -0.1) is 6.42 Å². The number of rotatable bonds is 9. The monoisotopic (exact) mass is 354 g/mol. The lowest BCUT2D eigenvalue weighted by Crippen LogP contribution is -2.32. The quantitative estimate of drug-likeness (QED) is 0.672. The molecule has 0 spiro atoms. The van der Waals surface area contributed by atoms with Gasteiger partial charge < -0.3 is 15.2 Å². The molecule has 0 unspecified atom stereocenters. The lowest BCUT2D eigenvalue weighted by molar-refractivity contribution is -0.124. The molecule has 1 heterocycles. The predicted molar refractivity (Wildman–Crippen MR) is 97.2 cm³/mol. The maximum absolute atomic E-state index is 11.9. The number of carbonyl (C=O) groups is 2. The second-order valence-corrected chi connectivity index (χ2v) is 5.76. The van der Waals surface area contributed by atoms with Crippen molar-refractivity contribution in [3.63, 3.8) is 0 Å². The van der Waals surface area contributed by atoms with E-state index in [1.807, 2.05) is 6.92 Å². The van der Waals surface area contributed by atoms with E-state index in [9.17, 15) is 9.59 Å². The zero-order valence-electron chi connectivity index (χ0n) is 14.7. The lowest BCUT2D eigenvalue weighted by Gasteiger charge is -2.07. The van der Waals surface area contributed by atoms with Crippen molar-refractivity contribution in [2.45, 2.75) is 39.0 Å². The van der Waals surface area contributed by atoms with Crippen molar-refractivity contribution in [3.05, 3.63) is 41.5 Å². The standard InChI is InChI=1S/C19H22N4O3/c1-3-7-16-22-19(26-23-16)11-6-10-17(24)20-13-18(25)21-15-9-5-8-14(4-2)12-15/h2,5,8-9,12H,3,6-7,10-11,13H2,1H3,(H,20,24)(H,21,25). The molecule has 0 saturated heterocycles. The van der Waals surface area contributed by atoms with E-state index < -0.39 is 0 Å². The average Bonchev–Trinajstić information content (AvgIpc) is 3.08. The number of aryl methyl sites for hydroxylation is 2. The molecule has 0 saturated carbocycles. The number of nitrogens with one attached hydrogen (secondary N) is 2. The van der Waals surface area contributed by atoms with E-state index in [0.717, 1.165) is 12.8 Å². The molecule has 2 aromatic rings. The Hall–Kier alpha value is -3.14. The highest BCUT2D eigenvalue weighted by Crippen LogP contribution is 2.09. The van der Waals surface area contributed by atoms with Gasteiger partial charge >= 0.3 is 0 Å². The summed E-state index contributed by atoms with van der Waals surface area (Å²) in [5.41, 5.74) is 1.27. The molecule has 1 aromatic heterocycles. The van der Waals surface area contributed by atoms with Crippen molar-refractivity contribution in [1.82, 2.24) is 15.5 Å². The van der Waals surface area contributed by atoms with Crippen LogP contribution < -0.4 is 10.6 Å². The third-order valence-electron chi connectivity index (χ3n) is 3.54. The van der Waals surface area contributed by atoms with E-state index in [2.05, 4.69) is 26.7 Å². The molecule has 0 bridgehead atoms. The molecule has 0 fully saturated rings. The van der Waals surface area contributed by atoms with Gasteiger partial charge in [0.25, 0.3) is 0 Å². The number of terminal acetylenes is 1. The minimum atomic E-state index is -0.311. The molecular formula is C19H22N4O3. The molecule has 0 radical (unpaired) electrons. The van der Waals surface area contributed by atoms with E-state index in [0.29, 0.717) is 35.8 Å². The van der Waals surface area contributed by atoms with E-state index in [1.54, 1.807) is 24.3 Å². The molecule has 0 aliphatic heterocycles. The lowest BCUT2D eigenvalue weighted by atomic mass is 10.2. The molecule has 0 atom stereocenters. The zero-order valence-corrected chi connectivity index (χ0v) is 14.7. The maximum atomic E-state index is 11.9. The van der Waals surface area contributed by atoms with E-state index in [-0.39, 0.29) is 24.8 Å². The van der Waals surface area contributed by atoms with Crippen LogP contribution in [0.1, 0.15) is 43.5 Å². The highest BCUT2D eigenvalue weighted by Gasteiger charge is 2.09. The van der Waals surface area contributed by atoms with Crippen molar-refractivity contribution in [2.24, 2.45) is 0 Å². The number of nitrogens with zero attached hydrogens (tertiary/aromatic N) is 2. The second kappa shape index (κ2) is 9.99. The van der Waals surface area contributed by atoms with Crippen LogP contribution in [0.3, 0.4) is 0 Å². The number of hydrogen-bond acceptors (Lipinski definition) is 5. The van der Waals surface area contributed by atoms with Crippen molar-refractivity contribution in [1.29, 1.82) is 0 Å². The van der Waals surface area contributed by atoms with E-state index in [1.165, 1.54) is 0 Å². The fourth-order valence-electron chi connectivity index (χ4n) is 2.28. The van der Waals surface area contributed by atoms with Crippen LogP contribution in [0.4, 0.5) is 5.69 Å². The minimum Gasteiger partial charge on any atom is -0.347 e. The van der Waals surface area contributed by atoms with Crippen LogP contribution in [-0.2, 0) is 22.4 Å². The molecule has 1 aromatic carbocycles. The fraction of sp³-hybridized carbons (Fsp3) is 0.368. The van der Waals surface area contributed by atoms with Gasteiger partial charge in [-0.3, -0.25) is 9.59 Å². The van der Waals surface area contributed by atoms with E-state index >= 15 is 0 Å². The molecule has 7 heteroatoms. The largest absolute Gasteiger partial charge is 0.347 e. The van der Waals surface area contributed by atoms with Gasteiger partial charge in [0.15, 0.2) is 5.82 Å². The first-order valence-corrected chi connectivity index (χ1v) is 8.55. The summed E-state index contributed by atoms with van der Waals surface area (Å²) in [6.45, 7) is 1.95. The molecule has 2 rings (SSSR count). The Balaban J connectivity index is 1.66. The van der Waals surface area contributed by atoms with Crippen molar-refractivity contribution >= 4 is 17.5 Å². The SMILES string of the molecule is C#Cc1cccc(NC(=O)CNC(=O)CCCc2nc(CCC)no2)c1. The van der Waals surface area contributed by atoms with Crippen LogP contribution in [0.15, 0.2) is 28.8 Å². The number of amides is 2. The summed E-state index contributed by atoms with van der Waals surface area (Å²) in [5.74, 6) is 3.21. The van der Waals surface area contributed by atoms with Crippen molar-refractivity contribution < 1.29 is 14.1 Å². The topological polar surface area (TPSA) is 97.1 Å². The number of aromatic nitrogens is 2. The zero-order chi connectivity index (χ0) is 18.8. The first-order valence-electron chi connectivity index (χ1n) is 8.55. The second-order valence-electron chi connectivity index (χ2n) is 5.76. The van der Waals surface area contributed by atoms with Crippen LogP contribution in [-0.4, -0.2) is 28.5 Å². The number of benzene rings is 1. The van der Waals surface area contributed by atoms with Gasteiger partial charge in [0.2, 0.25) is 17.7 Å². The first-order chi connectivity index (χ1) is 12.6. The van der Waals surface area contributed by atoms with Crippen LogP contribution in [0.25, 0.3) is 0 Å². The van der Waals surface area contributed by atoms with Gasteiger partial charge in [-0.2, -0.15) is 4.98 Å². The minimum absolute atomic E-state index is 0.0969. The predicted octanol–water partition coefficient (Wildman–Crippen LogP) is 2.08. The van der Waals surface area contributed by atoms with Crippen LogP contribution >= 0.6 is 0 Å². The van der Waals surface area contributed by atoms with Crippen molar-refractivity contribution in [3.8, 4) is 12.3 Å². The fourth-order valence-corrected chi connectivity index (χ4v) is 2.28. The number of carbonyl (C=O) groups excluding carboxylic acids is 2. The smallest absolute Gasteiger partial charge is 0.243 e.